The molecule has 2 rings (SSSR count). The maximum Gasteiger partial charge on any atom is 0.129 e. The van der Waals surface area contributed by atoms with Crippen molar-refractivity contribution in [3.05, 3.63) is 34.1 Å². The molecule has 0 bridgehead atoms. The second kappa shape index (κ2) is 7.02. The molecule has 1 atom stereocenters. The van der Waals surface area contributed by atoms with Crippen LogP contribution in [-0.4, -0.2) is 6.04 Å². The summed E-state index contributed by atoms with van der Waals surface area (Å²) in [6, 6.07) is 6.68. The number of benzene rings is 1. The van der Waals surface area contributed by atoms with Gasteiger partial charge in [0.05, 0.1) is 6.07 Å². The zero-order valence-electron chi connectivity index (χ0n) is 10.8. The van der Waals surface area contributed by atoms with Crippen LogP contribution in [0, 0.1) is 17.1 Å². The fraction of sp³-hybridized carbons (Fsp3) is 0.533. The van der Waals surface area contributed by atoms with E-state index in [1.807, 2.05) is 0 Å². The molecule has 0 heterocycles. The average Bonchev–Trinajstić information content (AvgIpc) is 2.67. The Labute approximate surface area is 122 Å². The molecule has 0 saturated heterocycles. The van der Waals surface area contributed by atoms with Crippen molar-refractivity contribution in [3.63, 3.8) is 0 Å². The third-order valence-electron chi connectivity index (χ3n) is 3.66. The number of nitrogens with zero attached hydrogens (tertiary/aromatic N) is 1. The molecule has 1 saturated carbocycles. The van der Waals surface area contributed by atoms with Gasteiger partial charge >= 0.3 is 0 Å². The lowest BCUT2D eigenvalue weighted by Crippen LogP contribution is -2.32. The van der Waals surface area contributed by atoms with Crippen LogP contribution in [0.5, 0.6) is 0 Å². The van der Waals surface area contributed by atoms with Gasteiger partial charge in [-0.3, -0.25) is 5.32 Å². The molecule has 102 valence electrons. The fourth-order valence-electron chi connectivity index (χ4n) is 2.61. The lowest BCUT2D eigenvalue weighted by molar-refractivity contribution is 0.429. The highest BCUT2D eigenvalue weighted by atomic mass is 79.9. The summed E-state index contributed by atoms with van der Waals surface area (Å²) in [6.45, 7) is 0. The minimum atomic E-state index is -0.569. The molecule has 1 aromatic carbocycles. The maximum absolute atomic E-state index is 13.8. The smallest absolute Gasteiger partial charge is 0.129 e. The fourth-order valence-corrected chi connectivity index (χ4v) is 2.99. The number of rotatable bonds is 3. The Hall–Kier alpha value is -0.920. The lowest BCUT2D eigenvalue weighted by Gasteiger charge is -2.21. The van der Waals surface area contributed by atoms with E-state index in [4.69, 9.17) is 0 Å². The molecule has 1 aliphatic rings. The third-order valence-corrected chi connectivity index (χ3v) is 4.15. The van der Waals surface area contributed by atoms with Crippen LogP contribution < -0.4 is 5.32 Å². The number of hydrogen-bond donors (Lipinski definition) is 1. The van der Waals surface area contributed by atoms with E-state index >= 15 is 0 Å². The van der Waals surface area contributed by atoms with E-state index in [9.17, 15) is 9.65 Å². The van der Waals surface area contributed by atoms with E-state index in [2.05, 4.69) is 27.3 Å². The Balaban J connectivity index is 2.11. The molecular formula is C15H18BrFN2. The van der Waals surface area contributed by atoms with Crippen molar-refractivity contribution in [2.24, 2.45) is 0 Å². The van der Waals surface area contributed by atoms with Gasteiger partial charge in [-0.25, -0.2) is 4.39 Å². The topological polar surface area (TPSA) is 35.8 Å². The van der Waals surface area contributed by atoms with Crippen LogP contribution >= 0.6 is 15.9 Å². The van der Waals surface area contributed by atoms with Gasteiger partial charge in [0.2, 0.25) is 0 Å². The molecule has 1 aliphatic carbocycles. The molecule has 1 aromatic rings. The van der Waals surface area contributed by atoms with Gasteiger partial charge in [0.15, 0.2) is 0 Å². The van der Waals surface area contributed by atoms with Crippen LogP contribution in [0.4, 0.5) is 4.39 Å². The molecular weight excluding hydrogens is 307 g/mol. The van der Waals surface area contributed by atoms with Crippen LogP contribution in [0.25, 0.3) is 0 Å². The van der Waals surface area contributed by atoms with Gasteiger partial charge in [0, 0.05) is 16.1 Å². The Morgan fingerprint density at radius 2 is 1.95 bits per heavy atom. The summed E-state index contributed by atoms with van der Waals surface area (Å²) in [5.41, 5.74) is 0.432. The molecule has 1 fully saturated rings. The summed E-state index contributed by atoms with van der Waals surface area (Å²) < 4.78 is 14.6. The Kier molecular flexibility index (Phi) is 5.35. The monoisotopic (exact) mass is 324 g/mol. The summed E-state index contributed by atoms with van der Waals surface area (Å²) in [4.78, 5) is 0. The highest BCUT2D eigenvalue weighted by molar-refractivity contribution is 9.10. The standard InChI is InChI=1S/C15H18BrFN2/c16-11-7-8-14(17)13(9-11)15(10-18)19-12-5-3-1-2-4-6-12/h7-9,12,15,19H,1-6H2. The minimum absolute atomic E-state index is 0.323. The van der Waals surface area contributed by atoms with Crippen molar-refractivity contribution >= 4 is 15.9 Å². The van der Waals surface area contributed by atoms with Crippen LogP contribution in [-0.2, 0) is 0 Å². The Bertz CT molecular complexity index is 462. The van der Waals surface area contributed by atoms with Crippen molar-refractivity contribution in [3.8, 4) is 6.07 Å². The molecule has 2 nitrogen and oxygen atoms in total. The Morgan fingerprint density at radius 3 is 2.58 bits per heavy atom. The normalized spacial score (nSPS) is 18.6. The van der Waals surface area contributed by atoms with Crippen LogP contribution in [0.15, 0.2) is 22.7 Å². The molecule has 1 N–H and O–H groups in total. The van der Waals surface area contributed by atoms with Gasteiger partial charge in [0.25, 0.3) is 0 Å². The van der Waals surface area contributed by atoms with Crippen molar-refractivity contribution in [1.82, 2.24) is 5.32 Å². The largest absolute Gasteiger partial charge is 0.295 e. The van der Waals surface area contributed by atoms with Crippen molar-refractivity contribution in [1.29, 1.82) is 5.26 Å². The van der Waals surface area contributed by atoms with E-state index in [-0.39, 0.29) is 5.82 Å². The number of halogens is 2. The molecule has 0 aliphatic heterocycles. The molecule has 0 spiro atoms. The lowest BCUT2D eigenvalue weighted by atomic mass is 10.0. The zero-order chi connectivity index (χ0) is 13.7. The summed E-state index contributed by atoms with van der Waals surface area (Å²) in [6.07, 6.45) is 7.07. The third kappa shape index (κ3) is 4.02. The first-order valence-electron chi connectivity index (χ1n) is 6.81. The number of nitriles is 1. The van der Waals surface area contributed by atoms with Crippen molar-refractivity contribution in [2.75, 3.05) is 0 Å². The summed E-state index contributed by atoms with van der Waals surface area (Å²) in [5.74, 6) is -0.323. The first kappa shape index (κ1) is 14.5. The van der Waals surface area contributed by atoms with Crippen molar-refractivity contribution < 1.29 is 4.39 Å². The summed E-state index contributed by atoms with van der Waals surface area (Å²) in [5, 5.41) is 12.6. The molecule has 19 heavy (non-hydrogen) atoms. The highest BCUT2D eigenvalue weighted by Crippen LogP contribution is 2.24. The maximum atomic E-state index is 13.8. The molecule has 0 radical (unpaired) electrons. The first-order chi connectivity index (χ1) is 9.20. The number of nitrogens with one attached hydrogen (secondary N) is 1. The molecule has 1 unspecified atom stereocenters. The van der Waals surface area contributed by atoms with Gasteiger partial charge in [-0.2, -0.15) is 5.26 Å². The number of hydrogen-bond acceptors (Lipinski definition) is 2. The predicted octanol–water partition coefficient (Wildman–Crippen LogP) is 4.47. The minimum Gasteiger partial charge on any atom is -0.295 e. The molecule has 0 aromatic heterocycles. The van der Waals surface area contributed by atoms with Crippen molar-refractivity contribution in [2.45, 2.75) is 50.6 Å². The van der Waals surface area contributed by atoms with Gasteiger partial charge in [-0.1, -0.05) is 41.6 Å². The van der Waals surface area contributed by atoms with Crippen LogP contribution in [0.2, 0.25) is 0 Å². The second-order valence-electron chi connectivity index (χ2n) is 5.08. The predicted molar refractivity (Wildman–Crippen MR) is 77.1 cm³/mol. The van der Waals surface area contributed by atoms with E-state index < -0.39 is 6.04 Å². The van der Waals surface area contributed by atoms with E-state index in [0.717, 1.165) is 17.3 Å². The second-order valence-corrected chi connectivity index (χ2v) is 6.00. The molecule has 0 amide bonds. The van der Waals surface area contributed by atoms with Crippen LogP contribution in [0.1, 0.15) is 50.1 Å². The zero-order valence-corrected chi connectivity index (χ0v) is 12.4. The van der Waals surface area contributed by atoms with E-state index in [1.165, 1.54) is 31.7 Å². The average molecular weight is 325 g/mol. The Morgan fingerprint density at radius 1 is 1.26 bits per heavy atom. The first-order valence-corrected chi connectivity index (χ1v) is 7.60. The van der Waals surface area contributed by atoms with E-state index in [0.29, 0.717) is 11.6 Å². The van der Waals surface area contributed by atoms with Gasteiger partial charge in [-0.05, 0) is 31.0 Å². The summed E-state index contributed by atoms with van der Waals surface area (Å²) >= 11 is 3.33. The van der Waals surface area contributed by atoms with Gasteiger partial charge < -0.3 is 0 Å². The van der Waals surface area contributed by atoms with Crippen LogP contribution in [0.3, 0.4) is 0 Å². The van der Waals surface area contributed by atoms with E-state index in [1.54, 1.807) is 12.1 Å². The quantitative estimate of drug-likeness (QED) is 0.833. The van der Waals surface area contributed by atoms with Gasteiger partial charge in [0.1, 0.15) is 11.9 Å². The molecule has 4 heteroatoms. The van der Waals surface area contributed by atoms with Gasteiger partial charge in [-0.15, -0.1) is 0 Å². The highest BCUT2D eigenvalue weighted by Gasteiger charge is 2.20. The SMILES string of the molecule is N#CC(NC1CCCCCC1)c1cc(Br)ccc1F. The summed E-state index contributed by atoms with van der Waals surface area (Å²) in [7, 11) is 0.